The summed E-state index contributed by atoms with van der Waals surface area (Å²) in [5, 5.41) is 9.57. The molecule has 0 aromatic heterocycles. The molecule has 0 N–H and O–H groups in total. The molecule has 0 saturated heterocycles. The largest absolute Gasteiger partial charge is 0.198 e. The maximum Gasteiger partial charge on any atom is 0.0687 e. The van der Waals surface area contributed by atoms with Crippen LogP contribution in [-0.2, 0) is 6.42 Å². The van der Waals surface area contributed by atoms with Crippen LogP contribution in [0.1, 0.15) is 19.4 Å². The van der Waals surface area contributed by atoms with Crippen LogP contribution in [0.15, 0.2) is 24.3 Å². The van der Waals surface area contributed by atoms with E-state index in [0.29, 0.717) is 0 Å². The molecule has 0 aliphatic rings. The minimum Gasteiger partial charge on any atom is -0.198 e. The Morgan fingerprint density at radius 1 is 1.31 bits per heavy atom. The van der Waals surface area contributed by atoms with Gasteiger partial charge in [-0.05, 0) is 38.0 Å². The number of halogens is 1. The molecule has 13 heavy (non-hydrogen) atoms. The fourth-order valence-corrected chi connectivity index (χ4v) is 1.28. The lowest BCUT2D eigenvalue weighted by atomic mass is 9.87. The number of nitrogens with zero attached hydrogens (tertiary/aromatic N) is 1. The normalized spacial score (nSPS) is 10.9. The summed E-state index contributed by atoms with van der Waals surface area (Å²) in [7, 11) is 0. The van der Waals surface area contributed by atoms with Crippen molar-refractivity contribution in [1.82, 2.24) is 0 Å². The number of benzene rings is 1. The second-order valence-corrected chi connectivity index (χ2v) is 4.24. The van der Waals surface area contributed by atoms with E-state index in [-0.39, 0.29) is 5.41 Å². The molecular weight excluding hydrogens is 182 g/mol. The highest BCUT2D eigenvalue weighted by molar-refractivity contribution is 6.30. The Morgan fingerprint density at radius 3 is 2.31 bits per heavy atom. The summed E-state index contributed by atoms with van der Waals surface area (Å²) in [6.07, 6.45) is 0.765. The first-order valence-corrected chi connectivity index (χ1v) is 4.57. The summed E-state index contributed by atoms with van der Waals surface area (Å²) in [6.45, 7) is 3.86. The van der Waals surface area contributed by atoms with Gasteiger partial charge in [-0.1, -0.05) is 23.7 Å². The van der Waals surface area contributed by atoms with Gasteiger partial charge in [-0.25, -0.2) is 0 Å². The molecule has 0 spiro atoms. The molecule has 1 aromatic carbocycles. The van der Waals surface area contributed by atoms with Crippen molar-refractivity contribution < 1.29 is 0 Å². The van der Waals surface area contributed by atoms with Gasteiger partial charge >= 0.3 is 0 Å². The summed E-state index contributed by atoms with van der Waals surface area (Å²) in [6, 6.07) is 9.89. The van der Waals surface area contributed by atoms with Crippen molar-refractivity contribution in [3.05, 3.63) is 34.9 Å². The van der Waals surface area contributed by atoms with E-state index >= 15 is 0 Å². The van der Waals surface area contributed by atoms with E-state index in [9.17, 15) is 0 Å². The zero-order chi connectivity index (χ0) is 9.90. The maximum absolute atomic E-state index is 8.83. The Kier molecular flexibility index (Phi) is 2.95. The lowest BCUT2D eigenvalue weighted by Gasteiger charge is -2.14. The highest BCUT2D eigenvalue weighted by Crippen LogP contribution is 2.21. The minimum atomic E-state index is -0.298. The first kappa shape index (κ1) is 10.1. The van der Waals surface area contributed by atoms with E-state index in [0.717, 1.165) is 17.0 Å². The molecule has 0 radical (unpaired) electrons. The van der Waals surface area contributed by atoms with E-state index in [4.69, 9.17) is 16.9 Å². The molecule has 0 amide bonds. The second kappa shape index (κ2) is 3.81. The van der Waals surface area contributed by atoms with Crippen molar-refractivity contribution in [3.8, 4) is 6.07 Å². The monoisotopic (exact) mass is 193 g/mol. The van der Waals surface area contributed by atoms with Gasteiger partial charge in [0.25, 0.3) is 0 Å². The van der Waals surface area contributed by atoms with E-state index in [1.807, 2.05) is 38.1 Å². The fourth-order valence-electron chi connectivity index (χ4n) is 1.15. The number of hydrogen-bond acceptors (Lipinski definition) is 1. The number of hydrogen-bond donors (Lipinski definition) is 0. The Balaban J connectivity index is 2.77. The Hall–Kier alpha value is -1.00. The topological polar surface area (TPSA) is 23.8 Å². The van der Waals surface area contributed by atoms with E-state index in [1.165, 1.54) is 0 Å². The lowest BCUT2D eigenvalue weighted by Crippen LogP contribution is -2.11. The molecular formula is C11H12ClN. The molecule has 0 heterocycles. The summed E-state index contributed by atoms with van der Waals surface area (Å²) >= 11 is 5.75. The molecule has 0 aliphatic heterocycles. The average molecular weight is 194 g/mol. The van der Waals surface area contributed by atoms with Crippen LogP contribution >= 0.6 is 11.6 Å². The predicted octanol–water partition coefficient (Wildman–Crippen LogP) is 3.43. The fraction of sp³-hybridized carbons (Fsp3) is 0.364. The van der Waals surface area contributed by atoms with Crippen LogP contribution in [0.25, 0.3) is 0 Å². The van der Waals surface area contributed by atoms with Gasteiger partial charge in [-0.2, -0.15) is 5.26 Å². The zero-order valence-corrected chi connectivity index (χ0v) is 8.60. The molecule has 0 unspecified atom stereocenters. The van der Waals surface area contributed by atoms with Crippen molar-refractivity contribution in [2.75, 3.05) is 0 Å². The quantitative estimate of drug-likeness (QED) is 0.706. The lowest BCUT2D eigenvalue weighted by molar-refractivity contribution is 0.493. The minimum absolute atomic E-state index is 0.298. The first-order valence-electron chi connectivity index (χ1n) is 4.19. The molecule has 0 saturated carbocycles. The van der Waals surface area contributed by atoms with Gasteiger partial charge in [0, 0.05) is 5.02 Å². The third kappa shape index (κ3) is 3.08. The smallest absolute Gasteiger partial charge is 0.0687 e. The standard InChI is InChI=1S/C11H12ClN/c1-11(2,8-13)7-9-3-5-10(12)6-4-9/h3-6H,7H2,1-2H3. The molecule has 0 bridgehead atoms. The van der Waals surface area contributed by atoms with Crippen LogP contribution in [0.5, 0.6) is 0 Å². The zero-order valence-electron chi connectivity index (χ0n) is 7.84. The summed E-state index contributed by atoms with van der Waals surface area (Å²) < 4.78 is 0. The van der Waals surface area contributed by atoms with Crippen molar-refractivity contribution in [2.24, 2.45) is 5.41 Å². The van der Waals surface area contributed by atoms with Gasteiger partial charge < -0.3 is 0 Å². The summed E-state index contributed by atoms with van der Waals surface area (Å²) in [4.78, 5) is 0. The van der Waals surface area contributed by atoms with Crippen molar-refractivity contribution >= 4 is 11.6 Å². The van der Waals surface area contributed by atoms with Gasteiger partial charge in [0.05, 0.1) is 11.5 Å². The Bertz CT molecular complexity index is 319. The molecule has 68 valence electrons. The van der Waals surface area contributed by atoms with Crippen molar-refractivity contribution in [1.29, 1.82) is 5.26 Å². The molecule has 1 nitrogen and oxygen atoms in total. The third-order valence-electron chi connectivity index (χ3n) is 1.86. The van der Waals surface area contributed by atoms with Crippen LogP contribution in [-0.4, -0.2) is 0 Å². The van der Waals surface area contributed by atoms with Crippen LogP contribution in [0.4, 0.5) is 0 Å². The molecule has 1 aromatic rings. The first-order chi connectivity index (χ1) is 6.03. The summed E-state index contributed by atoms with van der Waals surface area (Å²) in [5.41, 5.74) is 0.851. The average Bonchev–Trinajstić information content (AvgIpc) is 2.09. The van der Waals surface area contributed by atoms with Gasteiger partial charge in [-0.3, -0.25) is 0 Å². The van der Waals surface area contributed by atoms with Gasteiger partial charge in [-0.15, -0.1) is 0 Å². The van der Waals surface area contributed by atoms with E-state index in [2.05, 4.69) is 6.07 Å². The van der Waals surface area contributed by atoms with Crippen molar-refractivity contribution in [2.45, 2.75) is 20.3 Å². The highest BCUT2D eigenvalue weighted by Gasteiger charge is 2.16. The van der Waals surface area contributed by atoms with Crippen LogP contribution in [0, 0.1) is 16.7 Å². The molecule has 2 heteroatoms. The molecule has 0 fully saturated rings. The molecule has 0 aliphatic carbocycles. The van der Waals surface area contributed by atoms with Crippen LogP contribution < -0.4 is 0 Å². The van der Waals surface area contributed by atoms with E-state index < -0.39 is 0 Å². The Morgan fingerprint density at radius 2 is 1.85 bits per heavy atom. The van der Waals surface area contributed by atoms with Gasteiger partial charge in [0.2, 0.25) is 0 Å². The number of rotatable bonds is 2. The SMILES string of the molecule is CC(C)(C#N)Cc1ccc(Cl)cc1. The van der Waals surface area contributed by atoms with Gasteiger partial charge in [0.15, 0.2) is 0 Å². The van der Waals surface area contributed by atoms with E-state index in [1.54, 1.807) is 0 Å². The van der Waals surface area contributed by atoms with Crippen LogP contribution in [0.2, 0.25) is 5.02 Å². The molecule has 0 atom stereocenters. The summed E-state index contributed by atoms with van der Waals surface area (Å²) in [5.74, 6) is 0. The second-order valence-electron chi connectivity index (χ2n) is 3.80. The maximum atomic E-state index is 8.83. The van der Waals surface area contributed by atoms with Crippen LogP contribution in [0.3, 0.4) is 0 Å². The third-order valence-corrected chi connectivity index (χ3v) is 2.11. The predicted molar refractivity (Wildman–Crippen MR) is 54.6 cm³/mol. The number of nitriles is 1. The molecule has 1 rings (SSSR count). The van der Waals surface area contributed by atoms with Crippen molar-refractivity contribution in [3.63, 3.8) is 0 Å². The van der Waals surface area contributed by atoms with Gasteiger partial charge in [0.1, 0.15) is 0 Å². The highest BCUT2D eigenvalue weighted by atomic mass is 35.5. The Labute approximate surface area is 84.0 Å².